The van der Waals surface area contributed by atoms with Crippen LogP contribution in [-0.2, 0) is 10.2 Å². The summed E-state index contributed by atoms with van der Waals surface area (Å²) in [5.41, 5.74) is 1.75. The van der Waals surface area contributed by atoms with Crippen LogP contribution in [0.2, 0.25) is 0 Å². The number of urea groups is 1. The van der Waals surface area contributed by atoms with Crippen molar-refractivity contribution in [2.24, 2.45) is 0 Å². The van der Waals surface area contributed by atoms with Gasteiger partial charge in [0.1, 0.15) is 0 Å². The topological polar surface area (TPSA) is 79.9 Å². The van der Waals surface area contributed by atoms with E-state index in [4.69, 9.17) is 9.47 Å². The number of carbonyl (C=O) groups is 2. The third-order valence-corrected chi connectivity index (χ3v) is 5.32. The molecule has 1 fully saturated rings. The van der Waals surface area contributed by atoms with Crippen LogP contribution in [0.3, 0.4) is 0 Å². The molecule has 4 rings (SSSR count). The van der Waals surface area contributed by atoms with Gasteiger partial charge in [-0.25, -0.2) is 4.79 Å². The maximum absolute atomic E-state index is 12.7. The van der Waals surface area contributed by atoms with E-state index in [0.717, 1.165) is 11.3 Å². The molecule has 0 bridgehead atoms. The van der Waals surface area contributed by atoms with Gasteiger partial charge in [-0.2, -0.15) is 0 Å². The Morgan fingerprint density at radius 2 is 1.93 bits per heavy atom. The Morgan fingerprint density at radius 1 is 1.15 bits per heavy atom. The molecular formula is C20H21N3O4. The van der Waals surface area contributed by atoms with Crippen LogP contribution in [0.15, 0.2) is 42.5 Å². The van der Waals surface area contributed by atoms with Crippen molar-refractivity contribution in [2.45, 2.75) is 11.8 Å². The van der Waals surface area contributed by atoms with E-state index >= 15 is 0 Å². The predicted octanol–water partition coefficient (Wildman–Crippen LogP) is 2.83. The van der Waals surface area contributed by atoms with Gasteiger partial charge < -0.3 is 25.0 Å². The SMILES string of the molecule is COc1ccc(NC(=O)N2CCC3(C2)C(=O)Nc2ccccc23)cc1OC. The van der Waals surface area contributed by atoms with Crippen molar-refractivity contribution in [1.29, 1.82) is 0 Å². The zero-order valence-corrected chi connectivity index (χ0v) is 15.2. The van der Waals surface area contributed by atoms with E-state index in [1.54, 1.807) is 37.3 Å². The first-order valence-electron chi connectivity index (χ1n) is 8.76. The third kappa shape index (κ3) is 2.75. The van der Waals surface area contributed by atoms with Gasteiger partial charge in [0.05, 0.1) is 19.6 Å². The van der Waals surface area contributed by atoms with Crippen LogP contribution in [0.1, 0.15) is 12.0 Å². The van der Waals surface area contributed by atoms with E-state index in [1.165, 1.54) is 0 Å². The van der Waals surface area contributed by atoms with Gasteiger partial charge in [-0.15, -0.1) is 0 Å². The Bertz CT molecular complexity index is 914. The minimum absolute atomic E-state index is 0.0369. The second-order valence-electron chi connectivity index (χ2n) is 6.75. The third-order valence-electron chi connectivity index (χ3n) is 5.32. The molecule has 0 radical (unpaired) electrons. The van der Waals surface area contributed by atoms with Crippen molar-refractivity contribution < 1.29 is 19.1 Å². The van der Waals surface area contributed by atoms with Crippen molar-refractivity contribution in [2.75, 3.05) is 37.9 Å². The highest BCUT2D eigenvalue weighted by Crippen LogP contribution is 2.44. The lowest BCUT2D eigenvalue weighted by atomic mass is 9.81. The van der Waals surface area contributed by atoms with Crippen LogP contribution in [0.4, 0.5) is 16.2 Å². The van der Waals surface area contributed by atoms with Crippen LogP contribution in [0, 0.1) is 0 Å². The summed E-state index contributed by atoms with van der Waals surface area (Å²) in [6.45, 7) is 0.871. The molecule has 3 amide bonds. The molecule has 7 heteroatoms. The summed E-state index contributed by atoms with van der Waals surface area (Å²) >= 11 is 0. The minimum atomic E-state index is -0.661. The molecule has 1 unspecified atom stereocenters. The second kappa shape index (κ2) is 6.50. The van der Waals surface area contributed by atoms with Crippen molar-refractivity contribution in [3.63, 3.8) is 0 Å². The average molecular weight is 367 g/mol. The molecule has 27 heavy (non-hydrogen) atoms. The Balaban J connectivity index is 1.51. The summed E-state index contributed by atoms with van der Waals surface area (Å²) in [5.74, 6) is 1.09. The number of benzene rings is 2. The Kier molecular flexibility index (Phi) is 4.14. The Labute approximate surface area is 157 Å². The normalized spacial score (nSPS) is 20.4. The number of likely N-dealkylation sites (tertiary alicyclic amines) is 1. The monoisotopic (exact) mass is 367 g/mol. The number of hydrogen-bond donors (Lipinski definition) is 2. The summed E-state index contributed by atoms with van der Waals surface area (Å²) in [5, 5.41) is 5.81. The summed E-state index contributed by atoms with van der Waals surface area (Å²) < 4.78 is 10.5. The van der Waals surface area contributed by atoms with Crippen molar-refractivity contribution >= 4 is 23.3 Å². The number of methoxy groups -OCH3 is 2. The van der Waals surface area contributed by atoms with Crippen LogP contribution >= 0.6 is 0 Å². The zero-order chi connectivity index (χ0) is 19.0. The molecule has 1 spiro atoms. The number of carbonyl (C=O) groups excluding carboxylic acids is 2. The molecule has 2 aromatic rings. The van der Waals surface area contributed by atoms with Gasteiger partial charge in [0, 0.05) is 30.5 Å². The molecule has 2 aliphatic heterocycles. The highest BCUT2D eigenvalue weighted by Gasteiger charge is 2.51. The van der Waals surface area contributed by atoms with Crippen LogP contribution < -0.4 is 20.1 Å². The largest absolute Gasteiger partial charge is 0.493 e. The van der Waals surface area contributed by atoms with Crippen molar-refractivity contribution in [3.8, 4) is 11.5 Å². The number of amides is 3. The molecule has 2 aliphatic rings. The van der Waals surface area contributed by atoms with Gasteiger partial charge in [0.25, 0.3) is 0 Å². The maximum Gasteiger partial charge on any atom is 0.321 e. The van der Waals surface area contributed by atoms with Crippen molar-refractivity contribution in [3.05, 3.63) is 48.0 Å². The van der Waals surface area contributed by atoms with Crippen LogP contribution in [0.25, 0.3) is 0 Å². The number of nitrogens with zero attached hydrogens (tertiary/aromatic N) is 1. The quantitative estimate of drug-likeness (QED) is 0.874. The molecule has 2 aromatic carbocycles. The lowest BCUT2D eigenvalue weighted by Gasteiger charge is -2.23. The number of fused-ring (bicyclic) bond motifs is 2. The fraction of sp³-hybridized carbons (Fsp3) is 0.300. The van der Waals surface area contributed by atoms with Crippen LogP contribution in [-0.4, -0.2) is 44.1 Å². The molecule has 0 aliphatic carbocycles. The van der Waals surface area contributed by atoms with E-state index in [-0.39, 0.29) is 11.9 Å². The van der Waals surface area contributed by atoms with E-state index in [1.807, 2.05) is 24.3 Å². The first-order valence-corrected chi connectivity index (χ1v) is 8.76. The molecule has 7 nitrogen and oxygen atoms in total. The van der Waals surface area contributed by atoms with Gasteiger partial charge in [-0.1, -0.05) is 18.2 Å². The molecule has 140 valence electrons. The average Bonchev–Trinajstić information content (AvgIpc) is 3.25. The molecule has 0 saturated carbocycles. The molecule has 0 aromatic heterocycles. The van der Waals surface area contributed by atoms with Crippen LogP contribution in [0.5, 0.6) is 11.5 Å². The number of nitrogens with one attached hydrogen (secondary N) is 2. The van der Waals surface area contributed by atoms with E-state index in [0.29, 0.717) is 36.7 Å². The van der Waals surface area contributed by atoms with E-state index in [9.17, 15) is 9.59 Å². The lowest BCUT2D eigenvalue weighted by Crippen LogP contribution is -2.40. The number of hydrogen-bond acceptors (Lipinski definition) is 4. The standard InChI is InChI=1S/C20H21N3O4/c1-26-16-8-7-13(11-17(16)27-2)21-19(25)23-10-9-20(12-23)14-5-3-4-6-15(14)22-18(20)24/h3-8,11H,9-10,12H2,1-2H3,(H,21,25)(H,22,24). The Morgan fingerprint density at radius 3 is 2.70 bits per heavy atom. The Hall–Kier alpha value is -3.22. The second-order valence-corrected chi connectivity index (χ2v) is 6.75. The molecule has 1 saturated heterocycles. The number of anilines is 2. The van der Waals surface area contributed by atoms with Gasteiger partial charge in [-0.3, -0.25) is 4.79 Å². The number of rotatable bonds is 3. The summed E-state index contributed by atoms with van der Waals surface area (Å²) in [7, 11) is 3.11. The lowest BCUT2D eigenvalue weighted by molar-refractivity contribution is -0.120. The van der Waals surface area contributed by atoms with Crippen molar-refractivity contribution in [1.82, 2.24) is 4.90 Å². The van der Waals surface area contributed by atoms with Gasteiger partial charge in [0.2, 0.25) is 5.91 Å². The first kappa shape index (κ1) is 17.2. The maximum atomic E-state index is 12.7. The number of ether oxygens (including phenoxy) is 2. The molecule has 1 atom stereocenters. The zero-order valence-electron chi connectivity index (χ0n) is 15.2. The fourth-order valence-corrected chi connectivity index (χ4v) is 3.88. The summed E-state index contributed by atoms with van der Waals surface area (Å²) in [4.78, 5) is 27.1. The fourth-order valence-electron chi connectivity index (χ4n) is 3.88. The molecular weight excluding hydrogens is 346 g/mol. The molecule has 2 heterocycles. The smallest absolute Gasteiger partial charge is 0.321 e. The predicted molar refractivity (Wildman–Crippen MR) is 102 cm³/mol. The van der Waals surface area contributed by atoms with E-state index in [2.05, 4.69) is 10.6 Å². The molecule has 2 N–H and O–H groups in total. The first-order chi connectivity index (χ1) is 13.1. The highest BCUT2D eigenvalue weighted by atomic mass is 16.5. The number of para-hydroxylation sites is 1. The highest BCUT2D eigenvalue weighted by molar-refractivity contribution is 6.07. The van der Waals surface area contributed by atoms with Gasteiger partial charge in [0.15, 0.2) is 11.5 Å². The summed E-state index contributed by atoms with van der Waals surface area (Å²) in [6, 6.07) is 12.6. The van der Waals surface area contributed by atoms with Gasteiger partial charge >= 0.3 is 6.03 Å². The van der Waals surface area contributed by atoms with E-state index < -0.39 is 5.41 Å². The summed E-state index contributed by atoms with van der Waals surface area (Å²) in [6.07, 6.45) is 0.606. The van der Waals surface area contributed by atoms with Gasteiger partial charge in [-0.05, 0) is 30.2 Å². The minimum Gasteiger partial charge on any atom is -0.493 e.